The summed E-state index contributed by atoms with van der Waals surface area (Å²) in [6.07, 6.45) is -2.42. The second-order valence-electron chi connectivity index (χ2n) is 4.04. The SMILES string of the molecule is N[C@@]1(CO)CCc2cc(C(F)(F)F)ncc21. The minimum Gasteiger partial charge on any atom is -0.394 e. The van der Waals surface area contributed by atoms with E-state index in [4.69, 9.17) is 10.8 Å². The van der Waals surface area contributed by atoms with Crippen LogP contribution in [0.5, 0.6) is 0 Å². The number of halogens is 3. The van der Waals surface area contributed by atoms with E-state index in [0.29, 0.717) is 24.0 Å². The van der Waals surface area contributed by atoms with Crippen LogP contribution < -0.4 is 5.73 Å². The van der Waals surface area contributed by atoms with Gasteiger partial charge in [0.1, 0.15) is 5.69 Å². The Balaban J connectivity index is 2.45. The third kappa shape index (κ3) is 1.68. The third-order valence-corrected chi connectivity index (χ3v) is 2.94. The predicted octanol–water partition coefficient (Wildman–Crippen LogP) is 1.19. The molecule has 1 heterocycles. The summed E-state index contributed by atoms with van der Waals surface area (Å²) in [5.74, 6) is 0. The molecule has 0 unspecified atom stereocenters. The predicted molar refractivity (Wildman–Crippen MR) is 50.5 cm³/mol. The van der Waals surface area contributed by atoms with Gasteiger partial charge in [0.15, 0.2) is 0 Å². The Morgan fingerprint density at radius 3 is 2.75 bits per heavy atom. The second kappa shape index (κ2) is 3.43. The molecule has 0 saturated carbocycles. The topological polar surface area (TPSA) is 59.1 Å². The first-order valence-electron chi connectivity index (χ1n) is 4.83. The van der Waals surface area contributed by atoms with Gasteiger partial charge in [-0.05, 0) is 30.0 Å². The summed E-state index contributed by atoms with van der Waals surface area (Å²) in [6.45, 7) is -0.285. The zero-order chi connectivity index (χ0) is 12.0. The fraction of sp³-hybridized carbons (Fsp3) is 0.500. The molecule has 3 nitrogen and oxygen atoms in total. The van der Waals surface area contributed by atoms with Gasteiger partial charge in [0.05, 0.1) is 12.1 Å². The summed E-state index contributed by atoms with van der Waals surface area (Å²) in [5.41, 5.74) is 5.05. The molecule has 0 bridgehead atoms. The highest BCUT2D eigenvalue weighted by atomic mass is 19.4. The van der Waals surface area contributed by atoms with E-state index >= 15 is 0 Å². The van der Waals surface area contributed by atoms with Crippen molar-refractivity contribution >= 4 is 0 Å². The smallest absolute Gasteiger partial charge is 0.394 e. The largest absolute Gasteiger partial charge is 0.433 e. The van der Waals surface area contributed by atoms with Crippen LogP contribution in [0.4, 0.5) is 13.2 Å². The lowest BCUT2D eigenvalue weighted by Crippen LogP contribution is -2.38. The molecule has 1 aliphatic rings. The van der Waals surface area contributed by atoms with E-state index in [0.717, 1.165) is 12.3 Å². The summed E-state index contributed by atoms with van der Waals surface area (Å²) in [4.78, 5) is 3.35. The zero-order valence-electron chi connectivity index (χ0n) is 8.38. The summed E-state index contributed by atoms with van der Waals surface area (Å²) in [7, 11) is 0. The van der Waals surface area contributed by atoms with Gasteiger partial charge >= 0.3 is 6.18 Å². The molecule has 6 heteroatoms. The van der Waals surface area contributed by atoms with Crippen molar-refractivity contribution in [3.8, 4) is 0 Å². The molecule has 1 atom stereocenters. The lowest BCUT2D eigenvalue weighted by molar-refractivity contribution is -0.141. The lowest BCUT2D eigenvalue weighted by atomic mass is 9.95. The van der Waals surface area contributed by atoms with Crippen LogP contribution in [0.25, 0.3) is 0 Å². The highest BCUT2D eigenvalue weighted by Crippen LogP contribution is 2.37. The standard InChI is InChI=1S/C10H11F3N2O/c11-10(12,13)8-3-6-1-2-9(14,5-16)7(6)4-15-8/h3-4,16H,1-2,5,14H2/t9-/m1/s1. The van der Waals surface area contributed by atoms with Crippen LogP contribution in [0.1, 0.15) is 23.2 Å². The molecular weight excluding hydrogens is 221 g/mol. The molecule has 1 aromatic heterocycles. The van der Waals surface area contributed by atoms with Gasteiger partial charge in [0, 0.05) is 6.20 Å². The molecule has 0 fully saturated rings. The molecule has 0 spiro atoms. The lowest BCUT2D eigenvalue weighted by Gasteiger charge is -2.21. The molecular formula is C10H11F3N2O. The quantitative estimate of drug-likeness (QED) is 0.764. The molecule has 0 saturated heterocycles. The van der Waals surface area contributed by atoms with Gasteiger partial charge in [-0.3, -0.25) is 4.98 Å². The van der Waals surface area contributed by atoms with Crippen molar-refractivity contribution in [3.05, 3.63) is 29.1 Å². The molecule has 1 aliphatic carbocycles. The number of aliphatic hydroxyl groups is 1. The van der Waals surface area contributed by atoms with E-state index < -0.39 is 17.4 Å². The first kappa shape index (κ1) is 11.3. The number of aliphatic hydroxyl groups excluding tert-OH is 1. The van der Waals surface area contributed by atoms with Crippen LogP contribution in [-0.4, -0.2) is 16.7 Å². The molecule has 0 amide bonds. The average molecular weight is 232 g/mol. The van der Waals surface area contributed by atoms with Crippen molar-refractivity contribution < 1.29 is 18.3 Å². The Morgan fingerprint density at radius 2 is 2.19 bits per heavy atom. The first-order valence-corrected chi connectivity index (χ1v) is 4.83. The molecule has 0 aliphatic heterocycles. The van der Waals surface area contributed by atoms with Crippen LogP contribution in [0.3, 0.4) is 0 Å². The van der Waals surface area contributed by atoms with Crippen LogP contribution in [-0.2, 0) is 18.1 Å². The van der Waals surface area contributed by atoms with E-state index in [-0.39, 0.29) is 6.61 Å². The molecule has 3 N–H and O–H groups in total. The highest BCUT2D eigenvalue weighted by Gasteiger charge is 2.38. The Labute approximate surface area is 90.1 Å². The molecule has 16 heavy (non-hydrogen) atoms. The molecule has 0 aromatic carbocycles. The number of aryl methyl sites for hydroxylation is 1. The van der Waals surface area contributed by atoms with E-state index in [1.165, 1.54) is 0 Å². The van der Waals surface area contributed by atoms with Gasteiger partial charge < -0.3 is 10.8 Å². The number of nitrogens with zero attached hydrogens (tertiary/aromatic N) is 1. The number of pyridine rings is 1. The normalized spacial score (nSPS) is 24.6. The second-order valence-corrected chi connectivity index (χ2v) is 4.04. The summed E-state index contributed by atoms with van der Waals surface area (Å²) in [6, 6.07) is 1.01. The minimum absolute atomic E-state index is 0.285. The first-order chi connectivity index (χ1) is 7.37. The number of nitrogens with two attached hydrogens (primary N) is 1. The van der Waals surface area contributed by atoms with Crippen molar-refractivity contribution in [2.75, 3.05) is 6.61 Å². The van der Waals surface area contributed by atoms with Gasteiger partial charge in [0.25, 0.3) is 0 Å². The van der Waals surface area contributed by atoms with E-state index in [1.54, 1.807) is 0 Å². The minimum atomic E-state index is -4.44. The maximum absolute atomic E-state index is 12.4. The number of aromatic nitrogens is 1. The third-order valence-electron chi connectivity index (χ3n) is 2.94. The number of hydrogen-bond acceptors (Lipinski definition) is 3. The number of hydrogen-bond donors (Lipinski definition) is 2. The summed E-state index contributed by atoms with van der Waals surface area (Å²) in [5, 5.41) is 9.13. The van der Waals surface area contributed by atoms with Crippen molar-refractivity contribution in [2.45, 2.75) is 24.6 Å². The summed E-state index contributed by atoms with van der Waals surface area (Å²) >= 11 is 0. The maximum atomic E-state index is 12.4. The van der Waals surface area contributed by atoms with Crippen LogP contribution in [0, 0.1) is 0 Å². The Morgan fingerprint density at radius 1 is 1.50 bits per heavy atom. The van der Waals surface area contributed by atoms with Gasteiger partial charge in [-0.2, -0.15) is 13.2 Å². The zero-order valence-corrected chi connectivity index (χ0v) is 8.38. The maximum Gasteiger partial charge on any atom is 0.433 e. The molecule has 2 rings (SSSR count). The average Bonchev–Trinajstić information content (AvgIpc) is 2.56. The Bertz CT molecular complexity index is 419. The fourth-order valence-electron chi connectivity index (χ4n) is 1.96. The van der Waals surface area contributed by atoms with Gasteiger partial charge in [-0.15, -0.1) is 0 Å². The fourth-order valence-corrected chi connectivity index (χ4v) is 1.96. The van der Waals surface area contributed by atoms with E-state index in [1.807, 2.05) is 0 Å². The number of alkyl halides is 3. The molecule has 88 valence electrons. The van der Waals surface area contributed by atoms with Crippen molar-refractivity contribution in [2.24, 2.45) is 5.73 Å². The number of fused-ring (bicyclic) bond motifs is 1. The summed E-state index contributed by atoms with van der Waals surface area (Å²) < 4.78 is 37.2. The monoisotopic (exact) mass is 232 g/mol. The Hall–Kier alpha value is -1.14. The van der Waals surface area contributed by atoms with Crippen molar-refractivity contribution in [1.82, 2.24) is 4.98 Å². The van der Waals surface area contributed by atoms with E-state index in [2.05, 4.69) is 4.98 Å². The van der Waals surface area contributed by atoms with Gasteiger partial charge in [-0.1, -0.05) is 0 Å². The van der Waals surface area contributed by atoms with Crippen molar-refractivity contribution in [1.29, 1.82) is 0 Å². The molecule has 0 radical (unpaired) electrons. The van der Waals surface area contributed by atoms with Gasteiger partial charge in [0.2, 0.25) is 0 Å². The van der Waals surface area contributed by atoms with Crippen LogP contribution >= 0.6 is 0 Å². The van der Waals surface area contributed by atoms with Crippen LogP contribution in [0.2, 0.25) is 0 Å². The number of rotatable bonds is 1. The van der Waals surface area contributed by atoms with Gasteiger partial charge in [-0.25, -0.2) is 0 Å². The Kier molecular flexibility index (Phi) is 2.43. The van der Waals surface area contributed by atoms with Crippen molar-refractivity contribution in [3.63, 3.8) is 0 Å². The van der Waals surface area contributed by atoms with Crippen LogP contribution in [0.15, 0.2) is 12.3 Å². The highest BCUT2D eigenvalue weighted by molar-refractivity contribution is 5.38. The molecule has 1 aromatic rings. The van der Waals surface area contributed by atoms with E-state index in [9.17, 15) is 13.2 Å².